The molecule has 1 aromatic rings. The van der Waals surface area contributed by atoms with E-state index < -0.39 is 0 Å². The highest BCUT2D eigenvalue weighted by Crippen LogP contribution is 2.21. The summed E-state index contributed by atoms with van der Waals surface area (Å²) in [6.07, 6.45) is 3.50. The van der Waals surface area contributed by atoms with Crippen molar-refractivity contribution in [3.05, 3.63) is 29.8 Å². The third-order valence-electron chi connectivity index (χ3n) is 3.75. The van der Waals surface area contributed by atoms with E-state index in [2.05, 4.69) is 5.32 Å². The Hall–Kier alpha value is -1.55. The summed E-state index contributed by atoms with van der Waals surface area (Å²) in [5, 5.41) is 12.6. The minimum Gasteiger partial charge on any atom is -0.491 e. The van der Waals surface area contributed by atoms with Gasteiger partial charge in [0.25, 0.3) is 0 Å². The van der Waals surface area contributed by atoms with E-state index in [4.69, 9.17) is 4.74 Å². The summed E-state index contributed by atoms with van der Waals surface area (Å²) in [5.74, 6) is 0.804. The van der Waals surface area contributed by atoms with Crippen LogP contribution in [-0.4, -0.2) is 29.3 Å². The van der Waals surface area contributed by atoms with E-state index in [9.17, 15) is 9.90 Å². The number of hydrogen-bond donors (Lipinski definition) is 2. The van der Waals surface area contributed by atoms with Gasteiger partial charge in [-0.1, -0.05) is 18.2 Å². The molecular weight excluding hydrogens is 266 g/mol. The maximum absolute atomic E-state index is 12.2. The Bertz CT molecular complexity index is 465. The number of aliphatic hydroxyl groups is 1. The first-order chi connectivity index (χ1) is 10.0. The maximum Gasteiger partial charge on any atom is 0.224 e. The summed E-state index contributed by atoms with van der Waals surface area (Å²) in [7, 11) is 0. The Kier molecular flexibility index (Phi) is 5.62. The van der Waals surface area contributed by atoms with E-state index in [0.29, 0.717) is 6.42 Å². The Morgan fingerprint density at radius 2 is 1.95 bits per heavy atom. The highest BCUT2D eigenvalue weighted by molar-refractivity contribution is 5.79. The third kappa shape index (κ3) is 5.05. The van der Waals surface area contributed by atoms with E-state index in [1.165, 1.54) is 0 Å². The zero-order valence-corrected chi connectivity index (χ0v) is 12.8. The average molecular weight is 291 g/mol. The number of para-hydroxylation sites is 1. The lowest BCUT2D eigenvalue weighted by molar-refractivity contribution is -0.121. The smallest absolute Gasteiger partial charge is 0.224 e. The van der Waals surface area contributed by atoms with Crippen molar-refractivity contribution in [3.63, 3.8) is 0 Å². The van der Waals surface area contributed by atoms with Gasteiger partial charge in [-0.05, 0) is 45.6 Å². The van der Waals surface area contributed by atoms with Crippen LogP contribution in [0, 0.1) is 0 Å². The summed E-state index contributed by atoms with van der Waals surface area (Å²) in [5.41, 5.74) is 0.916. The van der Waals surface area contributed by atoms with Gasteiger partial charge in [0.2, 0.25) is 5.91 Å². The number of aliphatic hydroxyl groups excluding tert-OH is 1. The SMILES string of the molecule is CC(C)Oc1ccccc1CC(=O)NC1CCC(O)CC1. The van der Waals surface area contributed by atoms with Gasteiger partial charge in [0.1, 0.15) is 5.75 Å². The van der Waals surface area contributed by atoms with Crippen molar-refractivity contribution in [3.8, 4) is 5.75 Å². The van der Waals surface area contributed by atoms with E-state index in [0.717, 1.165) is 37.0 Å². The van der Waals surface area contributed by atoms with Gasteiger partial charge in [-0.2, -0.15) is 0 Å². The van der Waals surface area contributed by atoms with Gasteiger partial charge in [-0.15, -0.1) is 0 Å². The molecule has 0 heterocycles. The molecule has 21 heavy (non-hydrogen) atoms. The standard InChI is InChI=1S/C17H25NO3/c1-12(2)21-16-6-4-3-5-13(16)11-17(20)18-14-7-9-15(19)10-8-14/h3-6,12,14-15,19H,7-11H2,1-2H3,(H,18,20). The zero-order valence-electron chi connectivity index (χ0n) is 12.8. The normalized spacial score (nSPS) is 22.1. The van der Waals surface area contributed by atoms with Gasteiger partial charge in [-0.25, -0.2) is 0 Å². The van der Waals surface area contributed by atoms with Gasteiger partial charge in [0, 0.05) is 11.6 Å². The predicted octanol–water partition coefficient (Wildman–Crippen LogP) is 2.44. The first-order valence-electron chi connectivity index (χ1n) is 7.76. The molecule has 1 aliphatic carbocycles. The van der Waals surface area contributed by atoms with E-state index in [-0.39, 0.29) is 24.2 Å². The Balaban J connectivity index is 1.90. The van der Waals surface area contributed by atoms with Crippen molar-refractivity contribution in [2.24, 2.45) is 0 Å². The molecule has 0 radical (unpaired) electrons. The van der Waals surface area contributed by atoms with Gasteiger partial charge in [0.05, 0.1) is 18.6 Å². The van der Waals surface area contributed by atoms with Crippen molar-refractivity contribution in [2.45, 2.75) is 64.2 Å². The van der Waals surface area contributed by atoms with Crippen LogP contribution in [0.2, 0.25) is 0 Å². The van der Waals surface area contributed by atoms with Crippen LogP contribution < -0.4 is 10.1 Å². The molecule has 1 aromatic carbocycles. The number of carbonyl (C=O) groups is 1. The highest BCUT2D eigenvalue weighted by Gasteiger charge is 2.21. The van der Waals surface area contributed by atoms with Crippen LogP contribution in [0.1, 0.15) is 45.1 Å². The largest absolute Gasteiger partial charge is 0.491 e. The van der Waals surface area contributed by atoms with E-state index in [1.807, 2.05) is 38.1 Å². The van der Waals surface area contributed by atoms with Crippen LogP contribution >= 0.6 is 0 Å². The second-order valence-electron chi connectivity index (χ2n) is 6.02. The number of hydrogen-bond acceptors (Lipinski definition) is 3. The molecular formula is C17H25NO3. The fourth-order valence-corrected chi connectivity index (χ4v) is 2.69. The Morgan fingerprint density at radius 1 is 1.29 bits per heavy atom. The number of nitrogens with one attached hydrogen (secondary N) is 1. The van der Waals surface area contributed by atoms with Crippen molar-refractivity contribution in [2.75, 3.05) is 0 Å². The van der Waals surface area contributed by atoms with Crippen LogP contribution in [0.5, 0.6) is 5.75 Å². The topological polar surface area (TPSA) is 58.6 Å². The van der Waals surface area contributed by atoms with Crippen molar-refractivity contribution in [1.82, 2.24) is 5.32 Å². The highest BCUT2D eigenvalue weighted by atomic mass is 16.5. The third-order valence-corrected chi connectivity index (χ3v) is 3.75. The first-order valence-corrected chi connectivity index (χ1v) is 7.76. The van der Waals surface area contributed by atoms with Gasteiger partial charge < -0.3 is 15.2 Å². The van der Waals surface area contributed by atoms with Gasteiger partial charge in [-0.3, -0.25) is 4.79 Å². The van der Waals surface area contributed by atoms with Crippen LogP contribution in [0.4, 0.5) is 0 Å². The minimum absolute atomic E-state index is 0.0243. The predicted molar refractivity (Wildman–Crippen MR) is 82.3 cm³/mol. The second kappa shape index (κ2) is 7.46. The Labute approximate surface area is 126 Å². The van der Waals surface area contributed by atoms with Gasteiger partial charge >= 0.3 is 0 Å². The summed E-state index contributed by atoms with van der Waals surface area (Å²) in [6.45, 7) is 3.95. The molecule has 2 N–H and O–H groups in total. The molecule has 1 aliphatic rings. The molecule has 0 spiro atoms. The quantitative estimate of drug-likeness (QED) is 0.876. The fourth-order valence-electron chi connectivity index (χ4n) is 2.69. The number of ether oxygens (including phenoxy) is 1. The molecule has 4 heteroatoms. The average Bonchev–Trinajstić information content (AvgIpc) is 2.43. The molecule has 0 aliphatic heterocycles. The Morgan fingerprint density at radius 3 is 2.62 bits per heavy atom. The summed E-state index contributed by atoms with van der Waals surface area (Å²) < 4.78 is 5.74. The van der Waals surface area contributed by atoms with Crippen LogP contribution in [0.15, 0.2) is 24.3 Å². The van der Waals surface area contributed by atoms with Crippen LogP contribution in [0.3, 0.4) is 0 Å². The molecule has 0 aromatic heterocycles. The number of benzene rings is 1. The fraction of sp³-hybridized carbons (Fsp3) is 0.588. The lowest BCUT2D eigenvalue weighted by atomic mass is 9.93. The van der Waals surface area contributed by atoms with Crippen molar-refractivity contribution < 1.29 is 14.6 Å². The molecule has 0 unspecified atom stereocenters. The first kappa shape index (κ1) is 15.8. The summed E-state index contributed by atoms with van der Waals surface area (Å²) >= 11 is 0. The number of carbonyl (C=O) groups excluding carboxylic acids is 1. The van der Waals surface area contributed by atoms with E-state index in [1.54, 1.807) is 0 Å². The maximum atomic E-state index is 12.2. The molecule has 0 atom stereocenters. The number of rotatable bonds is 5. The molecule has 1 fully saturated rings. The monoisotopic (exact) mass is 291 g/mol. The summed E-state index contributed by atoms with van der Waals surface area (Å²) in [6, 6.07) is 7.87. The molecule has 0 bridgehead atoms. The van der Waals surface area contributed by atoms with E-state index >= 15 is 0 Å². The van der Waals surface area contributed by atoms with Crippen LogP contribution in [0.25, 0.3) is 0 Å². The second-order valence-corrected chi connectivity index (χ2v) is 6.02. The molecule has 4 nitrogen and oxygen atoms in total. The number of amides is 1. The lowest BCUT2D eigenvalue weighted by Crippen LogP contribution is -2.39. The molecule has 1 amide bonds. The van der Waals surface area contributed by atoms with Gasteiger partial charge in [0.15, 0.2) is 0 Å². The van der Waals surface area contributed by atoms with Crippen LogP contribution in [-0.2, 0) is 11.2 Å². The molecule has 0 saturated heterocycles. The van der Waals surface area contributed by atoms with Crippen molar-refractivity contribution in [1.29, 1.82) is 0 Å². The minimum atomic E-state index is -0.196. The molecule has 1 saturated carbocycles. The van der Waals surface area contributed by atoms with Crippen molar-refractivity contribution >= 4 is 5.91 Å². The lowest BCUT2D eigenvalue weighted by Gasteiger charge is -2.26. The summed E-state index contributed by atoms with van der Waals surface area (Å²) in [4.78, 5) is 12.2. The molecule has 116 valence electrons. The zero-order chi connectivity index (χ0) is 15.2. The molecule has 2 rings (SSSR count).